The lowest BCUT2D eigenvalue weighted by Crippen LogP contribution is -1.87. The predicted octanol–water partition coefficient (Wildman–Crippen LogP) is 2.96. The van der Waals surface area contributed by atoms with E-state index in [1.807, 2.05) is 0 Å². The van der Waals surface area contributed by atoms with Crippen molar-refractivity contribution in [1.82, 2.24) is 4.98 Å². The van der Waals surface area contributed by atoms with E-state index < -0.39 is 16.1 Å². The molecule has 1 aromatic heterocycles. The lowest BCUT2D eigenvalue weighted by molar-refractivity contribution is 0.632. The first-order valence-electron chi connectivity index (χ1n) is 3.27. The maximum Gasteiger partial charge on any atom is 0.239 e. The Hall–Kier alpha value is -1.22. The molecule has 0 aliphatic carbocycles. The molecule has 0 spiro atoms. The first-order valence-corrected chi connectivity index (χ1v) is 4.60. The Bertz CT molecular complexity index is 342. The van der Waals surface area contributed by atoms with Crippen LogP contribution in [0.5, 0.6) is 0 Å². The minimum absolute atomic E-state index is 0.0453. The maximum atomic E-state index is 12.2. The molecule has 6 heteroatoms. The average molecular weight is 206 g/mol. The first-order chi connectivity index (χ1) is 6.04. The number of hydrogen-bond acceptors (Lipinski definition) is 2. The van der Waals surface area contributed by atoms with E-state index in [9.17, 15) is 11.7 Å². The fourth-order valence-electron chi connectivity index (χ4n) is 0.778. The van der Waals surface area contributed by atoms with E-state index in [1.165, 1.54) is 6.20 Å². The molecular formula is C7H5F3N2S. The molecule has 1 heterocycles. The summed E-state index contributed by atoms with van der Waals surface area (Å²) in [6, 6.07) is 2.73. The van der Waals surface area contributed by atoms with E-state index >= 15 is 0 Å². The molecule has 0 saturated carbocycles. The summed E-state index contributed by atoms with van der Waals surface area (Å²) in [7, 11) is 0. The van der Waals surface area contributed by atoms with Gasteiger partial charge in [0.15, 0.2) is 0 Å². The van der Waals surface area contributed by atoms with E-state index in [0.717, 1.165) is 12.3 Å². The van der Waals surface area contributed by atoms with Crippen molar-refractivity contribution < 1.29 is 11.7 Å². The second kappa shape index (κ2) is 3.66. The molecule has 0 bridgehead atoms. The van der Waals surface area contributed by atoms with Crippen LogP contribution in [-0.4, -0.2) is 4.98 Å². The van der Waals surface area contributed by atoms with Crippen LogP contribution in [0.15, 0.2) is 23.4 Å². The van der Waals surface area contributed by atoms with Crippen LogP contribution in [-0.2, 0) is 6.42 Å². The van der Waals surface area contributed by atoms with Crippen molar-refractivity contribution in [2.45, 2.75) is 11.3 Å². The second-order valence-corrected chi connectivity index (χ2v) is 3.55. The smallest absolute Gasteiger partial charge is 0.239 e. The minimum atomic E-state index is -5.22. The molecular weight excluding hydrogens is 201 g/mol. The van der Waals surface area contributed by atoms with E-state index in [0.29, 0.717) is 5.56 Å². The third-order valence-corrected chi connectivity index (χ3v) is 2.08. The van der Waals surface area contributed by atoms with Crippen LogP contribution in [0.25, 0.3) is 0 Å². The van der Waals surface area contributed by atoms with Gasteiger partial charge in [0, 0.05) is 12.4 Å². The van der Waals surface area contributed by atoms with Gasteiger partial charge in [0.2, 0.25) is 11.2 Å². The fraction of sp³-hybridized carbons (Fsp3) is 0.143. The van der Waals surface area contributed by atoms with Gasteiger partial charge in [-0.25, -0.2) is 0 Å². The zero-order valence-electron chi connectivity index (χ0n) is 6.38. The molecule has 0 aromatic carbocycles. The quantitative estimate of drug-likeness (QED) is 0.745. The summed E-state index contributed by atoms with van der Waals surface area (Å²) in [6.45, 7) is 0. The highest BCUT2D eigenvalue weighted by Gasteiger charge is 2.24. The number of pyridine rings is 1. The Morgan fingerprint density at radius 3 is 2.62 bits per heavy atom. The molecule has 0 aliphatic heterocycles. The highest BCUT2D eigenvalue weighted by Crippen LogP contribution is 2.60. The molecule has 1 aromatic rings. The molecule has 0 atom stereocenters. The van der Waals surface area contributed by atoms with E-state index in [2.05, 4.69) is 4.98 Å². The minimum Gasteiger partial charge on any atom is -0.263 e. The van der Waals surface area contributed by atoms with Crippen LogP contribution in [0.2, 0.25) is 0 Å². The summed E-state index contributed by atoms with van der Waals surface area (Å²) in [5.74, 6) is 0. The Balaban J connectivity index is 3.00. The zero-order chi connectivity index (χ0) is 9.90. The molecule has 2 nitrogen and oxygen atoms in total. The van der Waals surface area contributed by atoms with E-state index in [-0.39, 0.29) is 6.42 Å². The number of nitrogens with zero attached hydrogens (tertiary/aromatic N) is 2. The molecule has 70 valence electrons. The van der Waals surface area contributed by atoms with Gasteiger partial charge in [0.05, 0.1) is 17.4 Å². The summed E-state index contributed by atoms with van der Waals surface area (Å²) >= 11 is -5.22. The van der Waals surface area contributed by atoms with Gasteiger partial charge in [-0.05, 0) is 11.6 Å². The normalized spacial score (nSPS) is 12.2. The Morgan fingerprint density at radius 1 is 1.38 bits per heavy atom. The predicted molar refractivity (Wildman–Crippen MR) is 42.7 cm³/mol. The SMILES string of the molecule is N#CCc1cncc(S(F)(F)F)c1. The van der Waals surface area contributed by atoms with Crippen LogP contribution < -0.4 is 0 Å². The standard InChI is InChI=1S/C7H5F3N2S/c8-13(9,10)7-3-6(1-2-11)4-12-5-7/h3-5H,1H2. The van der Waals surface area contributed by atoms with E-state index in [1.54, 1.807) is 6.07 Å². The lowest BCUT2D eigenvalue weighted by Gasteiger charge is -2.09. The summed E-state index contributed by atoms with van der Waals surface area (Å²) in [4.78, 5) is 2.68. The van der Waals surface area contributed by atoms with Gasteiger partial charge in [-0.3, -0.25) is 4.98 Å². The topological polar surface area (TPSA) is 36.7 Å². The first kappa shape index (κ1) is 9.86. The molecule has 0 fully saturated rings. The Labute approximate surface area is 75.2 Å². The number of aromatic nitrogens is 1. The number of hydrogen-bond donors (Lipinski definition) is 0. The van der Waals surface area contributed by atoms with Crippen molar-refractivity contribution in [1.29, 1.82) is 5.26 Å². The highest BCUT2D eigenvalue weighted by molar-refractivity contribution is 8.20. The second-order valence-electron chi connectivity index (χ2n) is 2.27. The largest absolute Gasteiger partial charge is 0.263 e. The molecule has 1 rings (SSSR count). The van der Waals surface area contributed by atoms with Crippen molar-refractivity contribution >= 4 is 11.2 Å². The van der Waals surface area contributed by atoms with Crippen LogP contribution in [0.4, 0.5) is 11.7 Å². The molecule has 0 unspecified atom stereocenters. The van der Waals surface area contributed by atoms with Crippen molar-refractivity contribution in [2.75, 3.05) is 0 Å². The van der Waals surface area contributed by atoms with Crippen LogP contribution in [0, 0.1) is 11.3 Å². The fourth-order valence-corrected chi connectivity index (χ4v) is 1.24. The summed E-state index contributed by atoms with van der Waals surface area (Å²) in [5, 5.41) is 8.26. The third kappa shape index (κ3) is 2.63. The van der Waals surface area contributed by atoms with Crippen LogP contribution >= 0.6 is 11.2 Å². The van der Waals surface area contributed by atoms with Crippen molar-refractivity contribution in [3.05, 3.63) is 24.0 Å². The Kier molecular flexibility index (Phi) is 2.78. The number of nitriles is 1. The van der Waals surface area contributed by atoms with Gasteiger partial charge in [0.1, 0.15) is 0 Å². The number of rotatable bonds is 2. The third-order valence-electron chi connectivity index (χ3n) is 1.32. The monoisotopic (exact) mass is 206 g/mol. The Morgan fingerprint density at radius 2 is 2.08 bits per heavy atom. The van der Waals surface area contributed by atoms with E-state index in [4.69, 9.17) is 5.26 Å². The summed E-state index contributed by atoms with van der Waals surface area (Å²) in [5.41, 5.74) is 0.296. The highest BCUT2D eigenvalue weighted by atomic mass is 32.3. The van der Waals surface area contributed by atoms with Crippen molar-refractivity contribution in [2.24, 2.45) is 0 Å². The van der Waals surface area contributed by atoms with Gasteiger partial charge in [-0.2, -0.15) is 5.26 Å². The van der Waals surface area contributed by atoms with Gasteiger partial charge >= 0.3 is 0 Å². The number of halogens is 3. The molecule has 0 radical (unpaired) electrons. The molecule has 13 heavy (non-hydrogen) atoms. The molecule has 0 amide bonds. The van der Waals surface area contributed by atoms with Crippen LogP contribution in [0.3, 0.4) is 0 Å². The molecule has 0 N–H and O–H groups in total. The van der Waals surface area contributed by atoms with Crippen LogP contribution in [0.1, 0.15) is 5.56 Å². The maximum absolute atomic E-state index is 12.2. The average Bonchev–Trinajstić information content (AvgIpc) is 2.04. The van der Waals surface area contributed by atoms with Crippen molar-refractivity contribution in [3.63, 3.8) is 0 Å². The lowest BCUT2D eigenvalue weighted by atomic mass is 10.2. The molecule has 0 aliphatic rings. The van der Waals surface area contributed by atoms with Gasteiger partial charge in [0.25, 0.3) is 0 Å². The summed E-state index contributed by atoms with van der Waals surface area (Å²) < 4.78 is 36.5. The summed E-state index contributed by atoms with van der Waals surface area (Å²) in [6.07, 6.45) is 1.99. The van der Waals surface area contributed by atoms with Crippen molar-refractivity contribution in [3.8, 4) is 6.07 Å². The zero-order valence-corrected chi connectivity index (χ0v) is 7.19. The molecule has 0 saturated heterocycles. The van der Waals surface area contributed by atoms with Gasteiger partial charge < -0.3 is 0 Å². The van der Waals surface area contributed by atoms with Gasteiger partial charge in [-0.15, -0.1) is 11.7 Å². The van der Waals surface area contributed by atoms with Gasteiger partial charge in [-0.1, -0.05) is 0 Å².